The highest BCUT2D eigenvalue weighted by Crippen LogP contribution is 2.38. The Labute approximate surface area is 213 Å². The fourth-order valence-electron chi connectivity index (χ4n) is 3.63. The van der Waals surface area contributed by atoms with Crippen molar-refractivity contribution in [3.63, 3.8) is 0 Å². The van der Waals surface area contributed by atoms with Crippen LogP contribution in [0.2, 0.25) is 5.02 Å². The summed E-state index contributed by atoms with van der Waals surface area (Å²) in [5.41, 5.74) is 1.56. The van der Waals surface area contributed by atoms with Crippen LogP contribution in [0.3, 0.4) is 0 Å². The molecule has 0 aliphatic heterocycles. The van der Waals surface area contributed by atoms with Crippen molar-refractivity contribution < 1.29 is 23.1 Å². The van der Waals surface area contributed by atoms with E-state index in [9.17, 15) is 13.2 Å². The molecule has 0 saturated carbocycles. The zero-order valence-corrected chi connectivity index (χ0v) is 22.7. The molecule has 0 spiro atoms. The molecular formula is C24H28ClNO5S3. The van der Waals surface area contributed by atoms with E-state index < -0.39 is 22.6 Å². The van der Waals surface area contributed by atoms with E-state index in [0.717, 1.165) is 26.1 Å². The Balaban J connectivity index is 1.79. The largest absolute Gasteiger partial charge is 0.482 e. The lowest BCUT2D eigenvalue weighted by atomic mass is 10.2. The van der Waals surface area contributed by atoms with Crippen LogP contribution in [-0.2, 0) is 14.8 Å². The summed E-state index contributed by atoms with van der Waals surface area (Å²) in [5, 5.41) is 10.2. The van der Waals surface area contributed by atoms with Crippen LogP contribution < -0.4 is 4.74 Å². The molecule has 3 aromatic rings. The van der Waals surface area contributed by atoms with Crippen molar-refractivity contribution in [2.75, 3.05) is 18.9 Å². The van der Waals surface area contributed by atoms with E-state index in [-0.39, 0.29) is 6.04 Å². The van der Waals surface area contributed by atoms with Crippen LogP contribution >= 0.6 is 34.7 Å². The lowest BCUT2D eigenvalue weighted by Gasteiger charge is -2.27. The lowest BCUT2D eigenvalue weighted by molar-refractivity contribution is -0.139. The van der Waals surface area contributed by atoms with Crippen molar-refractivity contribution in [2.45, 2.75) is 49.3 Å². The number of aliphatic carboxylic acids is 1. The Kier molecular flexibility index (Phi) is 8.92. The molecule has 10 heteroatoms. The number of thiophene rings is 1. The molecule has 0 saturated heterocycles. The molecule has 1 N–H and O–H groups in total. The number of thioether (sulfide) groups is 1. The molecule has 0 bridgehead atoms. The first-order chi connectivity index (χ1) is 16.0. The van der Waals surface area contributed by atoms with Crippen LogP contribution in [0.25, 0.3) is 10.1 Å². The molecule has 0 aliphatic carbocycles. The monoisotopic (exact) mass is 541 g/mol. The summed E-state index contributed by atoms with van der Waals surface area (Å²) >= 11 is 8.98. The predicted molar refractivity (Wildman–Crippen MR) is 140 cm³/mol. The summed E-state index contributed by atoms with van der Waals surface area (Å²) in [7, 11) is -3.68. The van der Waals surface area contributed by atoms with E-state index in [1.165, 1.54) is 11.3 Å². The quantitative estimate of drug-likeness (QED) is 0.290. The Hall–Kier alpha value is -1.78. The van der Waals surface area contributed by atoms with Gasteiger partial charge in [0.2, 0.25) is 0 Å². The van der Waals surface area contributed by atoms with Crippen LogP contribution in [-0.4, -0.2) is 48.7 Å². The smallest absolute Gasteiger partial charge is 0.341 e. The Morgan fingerprint density at radius 2 is 1.97 bits per heavy atom. The summed E-state index contributed by atoms with van der Waals surface area (Å²) in [6, 6.07) is 10.8. The fourth-order valence-corrected chi connectivity index (χ4v) is 8.52. The number of ether oxygens (including phenoxy) is 1. The van der Waals surface area contributed by atoms with Crippen LogP contribution in [0.1, 0.15) is 31.4 Å². The molecule has 184 valence electrons. The highest BCUT2D eigenvalue weighted by atomic mass is 35.5. The number of carboxylic acids is 1. The van der Waals surface area contributed by atoms with Crippen LogP contribution in [0.4, 0.5) is 0 Å². The highest BCUT2D eigenvalue weighted by Gasteiger charge is 2.32. The second-order valence-electron chi connectivity index (χ2n) is 8.04. The number of halogens is 1. The average molecular weight is 542 g/mol. The molecule has 0 amide bonds. The van der Waals surface area contributed by atoms with Gasteiger partial charge in [-0.15, -0.1) is 23.1 Å². The minimum atomic E-state index is -3.68. The summed E-state index contributed by atoms with van der Waals surface area (Å²) in [5.74, 6) is 0.0697. The molecule has 0 fully saturated rings. The summed E-state index contributed by atoms with van der Waals surface area (Å²) in [6.07, 6.45) is 0.707. The number of nitrogens with zero attached hydrogens (tertiary/aromatic N) is 1. The van der Waals surface area contributed by atoms with E-state index in [0.29, 0.717) is 33.7 Å². The maximum absolute atomic E-state index is 13.7. The van der Waals surface area contributed by atoms with Crippen molar-refractivity contribution in [1.29, 1.82) is 0 Å². The average Bonchev–Trinajstić information content (AvgIpc) is 3.11. The highest BCUT2D eigenvalue weighted by molar-refractivity contribution is 7.99. The zero-order valence-electron chi connectivity index (χ0n) is 19.5. The molecule has 3 rings (SSSR count). The third-order valence-corrected chi connectivity index (χ3v) is 10.7. The third-order valence-electron chi connectivity index (χ3n) is 5.32. The zero-order chi connectivity index (χ0) is 25.0. The van der Waals surface area contributed by atoms with Gasteiger partial charge in [0.1, 0.15) is 9.96 Å². The van der Waals surface area contributed by atoms with E-state index >= 15 is 0 Å². The fraction of sp³-hybridized carbons (Fsp3) is 0.375. The predicted octanol–water partition coefficient (Wildman–Crippen LogP) is 6.22. The number of rotatable bonds is 11. The SMILES string of the molecule is CCCN([C@@H](C)CSc1ccc(OCC(=O)O)c(C)c1)S(=O)(=O)c1sc2ccc(Cl)cc2c1C. The van der Waals surface area contributed by atoms with Gasteiger partial charge in [0, 0.05) is 33.0 Å². The van der Waals surface area contributed by atoms with Crippen LogP contribution in [0.5, 0.6) is 5.75 Å². The molecule has 1 heterocycles. The Morgan fingerprint density at radius 3 is 2.62 bits per heavy atom. The van der Waals surface area contributed by atoms with Crippen molar-refractivity contribution in [3.8, 4) is 5.75 Å². The third kappa shape index (κ3) is 6.07. The van der Waals surface area contributed by atoms with Crippen LogP contribution in [0, 0.1) is 13.8 Å². The van der Waals surface area contributed by atoms with Gasteiger partial charge < -0.3 is 9.84 Å². The normalized spacial score (nSPS) is 12.9. The second-order valence-corrected chi connectivity index (χ2v) is 12.7. The van der Waals surface area contributed by atoms with E-state index in [1.807, 2.05) is 52.0 Å². The molecule has 34 heavy (non-hydrogen) atoms. The molecular weight excluding hydrogens is 514 g/mol. The second kappa shape index (κ2) is 11.3. The minimum Gasteiger partial charge on any atom is -0.482 e. The molecule has 1 atom stereocenters. The number of fused-ring (bicyclic) bond motifs is 1. The first-order valence-corrected chi connectivity index (χ1v) is 14.4. The van der Waals surface area contributed by atoms with Gasteiger partial charge >= 0.3 is 5.97 Å². The van der Waals surface area contributed by atoms with Gasteiger partial charge in [-0.2, -0.15) is 4.31 Å². The van der Waals surface area contributed by atoms with E-state index in [4.69, 9.17) is 21.4 Å². The molecule has 2 aromatic carbocycles. The summed E-state index contributed by atoms with van der Waals surface area (Å²) in [6.45, 7) is 7.63. The first-order valence-electron chi connectivity index (χ1n) is 10.8. The summed E-state index contributed by atoms with van der Waals surface area (Å²) in [4.78, 5) is 11.7. The van der Waals surface area contributed by atoms with Gasteiger partial charge in [-0.25, -0.2) is 13.2 Å². The van der Waals surface area contributed by atoms with Crippen molar-refractivity contribution >= 4 is 60.8 Å². The minimum absolute atomic E-state index is 0.230. The van der Waals surface area contributed by atoms with Gasteiger partial charge in [-0.1, -0.05) is 18.5 Å². The molecule has 1 aromatic heterocycles. The molecule has 0 aliphatic rings. The number of hydrogen-bond donors (Lipinski definition) is 1. The van der Waals surface area contributed by atoms with E-state index in [1.54, 1.807) is 28.2 Å². The first kappa shape index (κ1) is 26.8. The number of sulfonamides is 1. The number of carbonyl (C=O) groups is 1. The molecule has 0 radical (unpaired) electrons. The molecule has 0 unspecified atom stereocenters. The number of benzene rings is 2. The number of carboxylic acid groups (broad SMARTS) is 1. The van der Waals surface area contributed by atoms with Gasteiger partial charge in [0.05, 0.1) is 0 Å². The van der Waals surface area contributed by atoms with Crippen molar-refractivity contribution in [1.82, 2.24) is 4.31 Å². The van der Waals surface area contributed by atoms with Gasteiger partial charge in [-0.05, 0) is 80.1 Å². The topological polar surface area (TPSA) is 83.9 Å². The van der Waals surface area contributed by atoms with Gasteiger partial charge in [0.25, 0.3) is 10.0 Å². The van der Waals surface area contributed by atoms with Crippen LogP contribution in [0.15, 0.2) is 45.5 Å². The standard InChI is InChI=1S/C24H28ClNO5S3/c1-5-10-26(34(29,30)24-17(4)20-12-18(25)6-9-22(20)33-24)16(3)14-32-19-7-8-21(15(2)11-19)31-13-23(27)28/h6-9,11-12,16H,5,10,13-14H2,1-4H3,(H,27,28)/t16-/m0/s1. The van der Waals surface area contributed by atoms with Crippen molar-refractivity contribution in [3.05, 3.63) is 52.5 Å². The van der Waals surface area contributed by atoms with Gasteiger partial charge in [-0.3, -0.25) is 0 Å². The van der Waals surface area contributed by atoms with E-state index in [2.05, 4.69) is 0 Å². The Morgan fingerprint density at radius 1 is 1.24 bits per heavy atom. The van der Waals surface area contributed by atoms with Crippen molar-refractivity contribution in [2.24, 2.45) is 0 Å². The number of hydrogen-bond acceptors (Lipinski definition) is 6. The number of aryl methyl sites for hydroxylation is 2. The summed E-state index contributed by atoms with van der Waals surface area (Å²) < 4.78 is 35.6. The van der Waals surface area contributed by atoms with Gasteiger partial charge in [0.15, 0.2) is 6.61 Å². The lowest BCUT2D eigenvalue weighted by Crippen LogP contribution is -2.40. The Bertz CT molecular complexity index is 1290. The molecule has 6 nitrogen and oxygen atoms in total. The maximum Gasteiger partial charge on any atom is 0.341 e. The maximum atomic E-state index is 13.7.